The summed E-state index contributed by atoms with van der Waals surface area (Å²) in [6.07, 6.45) is 1.20. The summed E-state index contributed by atoms with van der Waals surface area (Å²) in [4.78, 5) is 11.5. The maximum absolute atomic E-state index is 11.6. The first-order valence-electron chi connectivity index (χ1n) is 5.82. The average Bonchev–Trinajstić information content (AvgIpc) is 2.24. The monoisotopic (exact) mass is 304 g/mol. The van der Waals surface area contributed by atoms with Crippen molar-refractivity contribution >= 4 is 33.2 Å². The zero-order valence-electron chi connectivity index (χ0n) is 10.8. The number of nitrogens with two attached hydrogens (primary N) is 1. The van der Waals surface area contributed by atoms with Gasteiger partial charge in [0.05, 0.1) is 5.02 Å². The first-order valence-corrected chi connectivity index (χ1v) is 7.75. The van der Waals surface area contributed by atoms with E-state index >= 15 is 0 Å². The maximum Gasteiger partial charge on any atom is 0.239 e. The summed E-state index contributed by atoms with van der Waals surface area (Å²) >= 11 is 5.81. The van der Waals surface area contributed by atoms with Gasteiger partial charge in [-0.3, -0.25) is 4.79 Å². The van der Waals surface area contributed by atoms with Crippen molar-refractivity contribution in [3.63, 3.8) is 0 Å². The lowest BCUT2D eigenvalue weighted by atomic mass is 10.1. The third-order valence-corrected chi connectivity index (χ3v) is 3.86. The van der Waals surface area contributed by atoms with Crippen LogP contribution in [0.1, 0.15) is 26.7 Å². The van der Waals surface area contributed by atoms with E-state index in [9.17, 15) is 13.2 Å². The van der Waals surface area contributed by atoms with Crippen LogP contribution in [0.5, 0.6) is 0 Å². The molecule has 0 unspecified atom stereocenters. The van der Waals surface area contributed by atoms with Gasteiger partial charge in [-0.2, -0.15) is 0 Å². The molecule has 1 aromatic carbocycles. The van der Waals surface area contributed by atoms with Gasteiger partial charge in [-0.1, -0.05) is 25.4 Å². The Kier molecular flexibility index (Phi) is 5.34. The molecule has 0 heterocycles. The van der Waals surface area contributed by atoms with Crippen LogP contribution in [0, 0.1) is 5.92 Å². The van der Waals surface area contributed by atoms with E-state index in [0.717, 1.165) is 6.42 Å². The first kappa shape index (κ1) is 15.9. The minimum atomic E-state index is -3.84. The number of nitrogens with one attached hydrogen (secondary N) is 1. The molecule has 1 amide bonds. The van der Waals surface area contributed by atoms with Crippen molar-refractivity contribution in [2.75, 3.05) is 5.32 Å². The molecular formula is C12H17ClN2O3S. The summed E-state index contributed by atoms with van der Waals surface area (Å²) in [5.41, 5.74) is 0.450. The van der Waals surface area contributed by atoms with Gasteiger partial charge in [0, 0.05) is 12.1 Å². The predicted octanol–water partition coefficient (Wildman–Crippen LogP) is 2.36. The van der Waals surface area contributed by atoms with Gasteiger partial charge in [-0.05, 0) is 30.5 Å². The van der Waals surface area contributed by atoms with Crippen LogP contribution in [0.15, 0.2) is 23.1 Å². The van der Waals surface area contributed by atoms with Crippen molar-refractivity contribution in [1.29, 1.82) is 0 Å². The molecule has 3 N–H and O–H groups in total. The van der Waals surface area contributed by atoms with Gasteiger partial charge in [0.2, 0.25) is 15.9 Å². The summed E-state index contributed by atoms with van der Waals surface area (Å²) in [5.74, 6) is 0.312. The first-order chi connectivity index (χ1) is 8.70. The van der Waals surface area contributed by atoms with Crippen LogP contribution in [0.4, 0.5) is 5.69 Å². The fourth-order valence-corrected chi connectivity index (χ4v) is 2.54. The van der Waals surface area contributed by atoms with Gasteiger partial charge in [0.15, 0.2) is 0 Å². The summed E-state index contributed by atoms with van der Waals surface area (Å²) in [7, 11) is -3.84. The lowest BCUT2D eigenvalue weighted by Crippen LogP contribution is -2.14. The molecule has 1 rings (SSSR count). The third kappa shape index (κ3) is 5.18. The predicted molar refractivity (Wildman–Crippen MR) is 75.5 cm³/mol. The SMILES string of the molecule is CC(C)CCC(=O)Nc1ccc(S(N)(=O)=O)c(Cl)c1. The Balaban J connectivity index is 2.77. The van der Waals surface area contributed by atoms with Crippen LogP contribution in [-0.4, -0.2) is 14.3 Å². The van der Waals surface area contributed by atoms with E-state index in [1.54, 1.807) is 0 Å². The number of hydrogen-bond donors (Lipinski definition) is 2. The molecule has 0 spiro atoms. The molecule has 0 aliphatic rings. The van der Waals surface area contributed by atoms with Crippen molar-refractivity contribution in [2.24, 2.45) is 11.1 Å². The van der Waals surface area contributed by atoms with Gasteiger partial charge in [0.25, 0.3) is 0 Å². The number of anilines is 1. The largest absolute Gasteiger partial charge is 0.326 e. The van der Waals surface area contributed by atoms with E-state index in [0.29, 0.717) is 18.0 Å². The summed E-state index contributed by atoms with van der Waals surface area (Å²) in [5, 5.41) is 7.64. The fourth-order valence-electron chi connectivity index (χ4n) is 1.45. The van der Waals surface area contributed by atoms with Crippen LogP contribution in [0.2, 0.25) is 5.02 Å². The van der Waals surface area contributed by atoms with Crippen LogP contribution < -0.4 is 10.5 Å². The van der Waals surface area contributed by atoms with Crippen molar-refractivity contribution < 1.29 is 13.2 Å². The smallest absolute Gasteiger partial charge is 0.239 e. The molecule has 1 aromatic rings. The van der Waals surface area contributed by atoms with E-state index < -0.39 is 10.0 Å². The highest BCUT2D eigenvalue weighted by Crippen LogP contribution is 2.24. The van der Waals surface area contributed by atoms with Crippen molar-refractivity contribution in [3.8, 4) is 0 Å². The minimum absolute atomic E-state index is 0.0100. The molecule has 0 saturated heterocycles. The zero-order valence-corrected chi connectivity index (χ0v) is 12.4. The van der Waals surface area contributed by atoms with E-state index in [4.69, 9.17) is 16.7 Å². The van der Waals surface area contributed by atoms with E-state index in [1.807, 2.05) is 13.8 Å². The Morgan fingerprint density at radius 1 is 1.42 bits per heavy atom. The molecule has 0 saturated carbocycles. The van der Waals surface area contributed by atoms with Crippen molar-refractivity contribution in [2.45, 2.75) is 31.6 Å². The summed E-state index contributed by atoms with van der Waals surface area (Å²) < 4.78 is 22.3. The van der Waals surface area contributed by atoms with Crippen molar-refractivity contribution in [1.82, 2.24) is 0 Å². The number of benzene rings is 1. The zero-order chi connectivity index (χ0) is 14.6. The Morgan fingerprint density at radius 2 is 2.05 bits per heavy atom. The topological polar surface area (TPSA) is 89.3 Å². The quantitative estimate of drug-likeness (QED) is 0.875. The number of rotatable bonds is 5. The lowest BCUT2D eigenvalue weighted by molar-refractivity contribution is -0.116. The van der Waals surface area contributed by atoms with Crippen LogP contribution >= 0.6 is 11.6 Å². The van der Waals surface area contributed by atoms with Gasteiger partial charge >= 0.3 is 0 Å². The normalized spacial score (nSPS) is 11.6. The van der Waals surface area contributed by atoms with Gasteiger partial charge in [-0.15, -0.1) is 0 Å². The molecule has 106 valence electrons. The Hall–Kier alpha value is -1.11. The standard InChI is InChI=1S/C12H17ClN2O3S/c1-8(2)3-6-12(16)15-9-4-5-11(10(13)7-9)19(14,17)18/h4-5,7-8H,3,6H2,1-2H3,(H,15,16)(H2,14,17,18). The number of carbonyl (C=O) groups excluding carboxylic acids is 1. The number of sulfonamides is 1. The highest BCUT2D eigenvalue weighted by molar-refractivity contribution is 7.89. The Labute approximate surface area is 118 Å². The highest BCUT2D eigenvalue weighted by Gasteiger charge is 2.13. The second-order valence-corrected chi connectivity index (χ2v) is 6.61. The molecule has 0 aromatic heterocycles. The van der Waals surface area contributed by atoms with E-state index in [1.165, 1.54) is 18.2 Å². The molecule has 0 radical (unpaired) electrons. The second-order valence-electron chi connectivity index (χ2n) is 4.67. The minimum Gasteiger partial charge on any atom is -0.326 e. The van der Waals surface area contributed by atoms with Crippen LogP contribution in [0.25, 0.3) is 0 Å². The number of halogens is 1. The van der Waals surface area contributed by atoms with E-state index in [2.05, 4.69) is 5.32 Å². The molecule has 0 fully saturated rings. The molecule has 0 atom stereocenters. The van der Waals surface area contributed by atoms with Crippen LogP contribution in [0.3, 0.4) is 0 Å². The summed E-state index contributed by atoms with van der Waals surface area (Å²) in [6, 6.07) is 4.10. The molecule has 5 nitrogen and oxygen atoms in total. The van der Waals surface area contributed by atoms with Gasteiger partial charge < -0.3 is 5.32 Å². The highest BCUT2D eigenvalue weighted by atomic mass is 35.5. The second kappa shape index (κ2) is 6.36. The average molecular weight is 305 g/mol. The van der Waals surface area contributed by atoms with Gasteiger partial charge in [-0.25, -0.2) is 13.6 Å². The van der Waals surface area contributed by atoms with Crippen LogP contribution in [-0.2, 0) is 14.8 Å². The van der Waals surface area contributed by atoms with Gasteiger partial charge in [0.1, 0.15) is 4.90 Å². The van der Waals surface area contributed by atoms with E-state index in [-0.39, 0.29) is 15.8 Å². The fraction of sp³-hybridized carbons (Fsp3) is 0.417. The Bertz CT molecular complexity index is 570. The molecule has 7 heteroatoms. The number of carbonyl (C=O) groups is 1. The number of amides is 1. The molecule has 0 bridgehead atoms. The van der Waals surface area contributed by atoms with Crippen molar-refractivity contribution in [3.05, 3.63) is 23.2 Å². The number of hydrogen-bond acceptors (Lipinski definition) is 3. The third-order valence-electron chi connectivity index (χ3n) is 2.47. The molecule has 19 heavy (non-hydrogen) atoms. The molecule has 0 aliphatic heterocycles. The lowest BCUT2D eigenvalue weighted by Gasteiger charge is -2.08. The molecule has 0 aliphatic carbocycles. The number of primary sulfonamides is 1. The Morgan fingerprint density at radius 3 is 2.53 bits per heavy atom. The maximum atomic E-state index is 11.6. The molecular weight excluding hydrogens is 288 g/mol. The summed E-state index contributed by atoms with van der Waals surface area (Å²) in [6.45, 7) is 4.07.